The Bertz CT molecular complexity index is 1530. The van der Waals surface area contributed by atoms with Gasteiger partial charge in [-0.2, -0.15) is 0 Å². The normalized spacial score (nSPS) is 11.0. The van der Waals surface area contributed by atoms with Crippen LogP contribution in [0.4, 0.5) is 0 Å². The smallest absolute Gasteiger partial charge is 0.545 e. The number of imidazole rings is 1. The fourth-order valence-corrected chi connectivity index (χ4v) is 4.45. The Kier molecular flexibility index (Phi) is 7.65. The van der Waals surface area contributed by atoms with Crippen molar-refractivity contribution in [1.82, 2.24) is 19.5 Å². The van der Waals surface area contributed by atoms with Gasteiger partial charge in [-0.05, 0) is 54.8 Å². The van der Waals surface area contributed by atoms with E-state index in [0.29, 0.717) is 17.8 Å². The van der Waals surface area contributed by atoms with Crippen LogP contribution in [0.5, 0.6) is 0 Å². The van der Waals surface area contributed by atoms with E-state index in [2.05, 4.69) is 34.7 Å². The van der Waals surface area contributed by atoms with E-state index < -0.39 is 5.97 Å². The predicted molar refractivity (Wildman–Crippen MR) is 131 cm³/mol. The Labute approximate surface area is 226 Å². The Morgan fingerprint density at radius 3 is 2.63 bits per heavy atom. The number of hydrogen-bond acceptors (Lipinski definition) is 5. The fourth-order valence-electron chi connectivity index (χ4n) is 4.45. The third-order valence-corrected chi connectivity index (χ3v) is 6.15. The average Bonchev–Trinajstić information content (AvgIpc) is 3.19. The number of aryl methyl sites for hydroxylation is 2. The van der Waals surface area contributed by atoms with Crippen molar-refractivity contribution in [1.29, 1.82) is 0 Å². The number of aromatic nitrogens is 4. The molecule has 0 fully saturated rings. The number of fused-ring (bicyclic) bond motifs is 2. The average molecular weight is 473 g/mol. The molecule has 0 saturated heterocycles. The van der Waals surface area contributed by atoms with E-state index in [4.69, 9.17) is 9.97 Å². The van der Waals surface area contributed by atoms with Crippen molar-refractivity contribution in [3.05, 3.63) is 89.4 Å². The molecule has 0 radical (unpaired) electrons. The molecule has 3 heterocycles. The van der Waals surface area contributed by atoms with Gasteiger partial charge < -0.3 is 14.5 Å². The van der Waals surface area contributed by atoms with Crippen molar-refractivity contribution < 1.29 is 39.5 Å². The Morgan fingerprint density at radius 1 is 1.00 bits per heavy atom. The van der Waals surface area contributed by atoms with Gasteiger partial charge in [0.1, 0.15) is 11.3 Å². The van der Waals surface area contributed by atoms with Crippen LogP contribution in [-0.4, -0.2) is 25.5 Å². The fraction of sp³-hybridized carbons (Fsp3) is 0.214. The van der Waals surface area contributed by atoms with Crippen LogP contribution < -0.4 is 34.7 Å². The first-order valence-corrected chi connectivity index (χ1v) is 11.6. The molecule has 170 valence electrons. The number of carboxylic acid groups (broad SMARTS) is 1. The van der Waals surface area contributed by atoms with E-state index in [1.54, 1.807) is 18.2 Å². The van der Waals surface area contributed by atoms with Crippen molar-refractivity contribution in [3.8, 4) is 11.3 Å². The van der Waals surface area contributed by atoms with Crippen molar-refractivity contribution in [3.63, 3.8) is 0 Å². The van der Waals surface area contributed by atoms with Crippen LogP contribution in [0.3, 0.4) is 0 Å². The molecule has 0 aliphatic carbocycles. The minimum absolute atomic E-state index is 0. The third-order valence-electron chi connectivity index (χ3n) is 6.15. The molecule has 2 aromatic carbocycles. The number of aromatic carboxylic acids is 1. The number of carboxylic acids is 1. The minimum atomic E-state index is -1.20. The molecule has 0 unspecified atom stereocenters. The second kappa shape index (κ2) is 10.7. The number of pyridine rings is 2. The molecule has 0 N–H and O–H groups in total. The van der Waals surface area contributed by atoms with E-state index in [-0.39, 0.29) is 35.1 Å². The van der Waals surface area contributed by atoms with Crippen LogP contribution >= 0.6 is 0 Å². The molecule has 0 saturated carbocycles. The summed E-state index contributed by atoms with van der Waals surface area (Å²) in [7, 11) is 0. The van der Waals surface area contributed by atoms with Gasteiger partial charge in [0.15, 0.2) is 5.65 Å². The summed E-state index contributed by atoms with van der Waals surface area (Å²) in [6.07, 6.45) is 4.92. The zero-order chi connectivity index (χ0) is 23.7. The van der Waals surface area contributed by atoms with Gasteiger partial charge in [0, 0.05) is 29.1 Å². The number of hydrogen-bond donors (Lipinski definition) is 0. The van der Waals surface area contributed by atoms with Gasteiger partial charge >= 0.3 is 29.6 Å². The SMILES string of the molecule is CCCCc1nc2cccnc2n1Cc1ccc2nc(-c3ccccc3C(=O)[O-])c(C)cc2c1.[Na+]. The van der Waals surface area contributed by atoms with E-state index in [0.717, 1.165) is 58.3 Å². The topological polar surface area (TPSA) is 83.7 Å². The van der Waals surface area contributed by atoms with Crippen LogP contribution in [-0.2, 0) is 13.0 Å². The first-order valence-electron chi connectivity index (χ1n) is 11.6. The zero-order valence-electron chi connectivity index (χ0n) is 20.3. The van der Waals surface area contributed by atoms with Gasteiger partial charge in [-0.25, -0.2) is 15.0 Å². The number of rotatable bonds is 7. The summed E-state index contributed by atoms with van der Waals surface area (Å²) < 4.78 is 2.21. The monoisotopic (exact) mass is 472 g/mol. The Morgan fingerprint density at radius 2 is 1.83 bits per heavy atom. The second-order valence-electron chi connectivity index (χ2n) is 8.58. The van der Waals surface area contributed by atoms with Gasteiger partial charge in [0.2, 0.25) is 0 Å². The molecule has 5 aromatic rings. The first kappa shape index (κ1) is 25.0. The molecule has 0 aliphatic heterocycles. The molecule has 0 aliphatic rings. The summed E-state index contributed by atoms with van der Waals surface area (Å²) in [6, 6.07) is 19.0. The van der Waals surface area contributed by atoms with Crippen molar-refractivity contribution >= 4 is 28.0 Å². The molecule has 5 rings (SSSR count). The molecule has 0 bridgehead atoms. The molecule has 0 amide bonds. The van der Waals surface area contributed by atoms with Gasteiger partial charge in [-0.1, -0.05) is 43.7 Å². The van der Waals surface area contributed by atoms with E-state index in [1.807, 2.05) is 37.4 Å². The number of unbranched alkanes of at least 4 members (excludes halogenated alkanes) is 1. The van der Waals surface area contributed by atoms with Crippen LogP contribution in [0.2, 0.25) is 0 Å². The largest absolute Gasteiger partial charge is 1.00 e. The van der Waals surface area contributed by atoms with Crippen molar-refractivity contribution in [2.45, 2.75) is 39.7 Å². The van der Waals surface area contributed by atoms with Crippen LogP contribution in [0.25, 0.3) is 33.3 Å². The zero-order valence-corrected chi connectivity index (χ0v) is 22.3. The summed E-state index contributed by atoms with van der Waals surface area (Å²) in [5, 5.41) is 12.6. The third kappa shape index (κ3) is 5.01. The second-order valence-corrected chi connectivity index (χ2v) is 8.58. The van der Waals surface area contributed by atoms with Crippen LogP contribution in [0.1, 0.15) is 47.1 Å². The van der Waals surface area contributed by atoms with Crippen LogP contribution in [0.15, 0.2) is 66.9 Å². The molecule has 7 heteroatoms. The summed E-state index contributed by atoms with van der Waals surface area (Å²) in [5.74, 6) is -0.147. The molecule has 3 aromatic heterocycles. The van der Waals surface area contributed by atoms with Crippen molar-refractivity contribution in [2.75, 3.05) is 0 Å². The molecule has 0 atom stereocenters. The number of carbonyl (C=O) groups is 1. The van der Waals surface area contributed by atoms with Crippen molar-refractivity contribution in [2.24, 2.45) is 0 Å². The quantitative estimate of drug-likeness (QED) is 0.337. The predicted octanol–water partition coefficient (Wildman–Crippen LogP) is 1.71. The maximum Gasteiger partial charge on any atom is 1.00 e. The summed E-state index contributed by atoms with van der Waals surface area (Å²) in [4.78, 5) is 25.8. The van der Waals surface area contributed by atoms with Gasteiger partial charge in [0.25, 0.3) is 0 Å². The first-order chi connectivity index (χ1) is 16.5. The van der Waals surface area contributed by atoms with E-state index in [9.17, 15) is 9.90 Å². The number of nitrogens with zero attached hydrogens (tertiary/aromatic N) is 4. The Hall–Kier alpha value is -3.06. The van der Waals surface area contributed by atoms with Crippen LogP contribution in [0, 0.1) is 6.92 Å². The summed E-state index contributed by atoms with van der Waals surface area (Å²) in [5.41, 5.74) is 6.07. The molecule has 0 spiro atoms. The molecule has 35 heavy (non-hydrogen) atoms. The maximum absolute atomic E-state index is 11.6. The van der Waals surface area contributed by atoms with Gasteiger partial charge in [-0.15, -0.1) is 0 Å². The molecular weight excluding hydrogens is 447 g/mol. The standard InChI is InChI=1S/C28H26N4O2.Na/c1-3-4-11-25-30-24-10-7-14-29-27(24)32(25)17-19-12-13-23-20(16-19)15-18(2)26(31-23)21-8-5-6-9-22(21)28(33)34;/h5-10,12-16H,3-4,11,17H2,1-2H3,(H,33,34);/q;+1/p-1. The number of benzene rings is 2. The molecule has 6 nitrogen and oxygen atoms in total. The van der Waals surface area contributed by atoms with Gasteiger partial charge in [-0.3, -0.25) is 0 Å². The van der Waals surface area contributed by atoms with E-state index >= 15 is 0 Å². The minimum Gasteiger partial charge on any atom is -0.545 e. The number of carbonyl (C=O) groups excluding carboxylic acids is 1. The Balaban J connectivity index is 0.00000289. The van der Waals surface area contributed by atoms with E-state index in [1.165, 1.54) is 0 Å². The van der Waals surface area contributed by atoms with Gasteiger partial charge in [0.05, 0.1) is 23.7 Å². The summed E-state index contributed by atoms with van der Waals surface area (Å²) in [6.45, 7) is 4.82. The maximum atomic E-state index is 11.6. The molecular formula is C28H25N4NaO2. The summed E-state index contributed by atoms with van der Waals surface area (Å²) >= 11 is 0.